The van der Waals surface area contributed by atoms with E-state index in [0.29, 0.717) is 18.8 Å². The van der Waals surface area contributed by atoms with E-state index in [-0.39, 0.29) is 24.2 Å². The van der Waals surface area contributed by atoms with Crippen LogP contribution in [0.2, 0.25) is 0 Å². The van der Waals surface area contributed by atoms with E-state index < -0.39 is 5.60 Å². The maximum absolute atomic E-state index is 12.1. The van der Waals surface area contributed by atoms with Gasteiger partial charge in [-0.2, -0.15) is 0 Å². The van der Waals surface area contributed by atoms with Crippen molar-refractivity contribution in [1.29, 1.82) is 0 Å². The van der Waals surface area contributed by atoms with Crippen LogP contribution in [0.5, 0.6) is 0 Å². The second-order valence-corrected chi connectivity index (χ2v) is 7.83. The molecule has 2 aliphatic rings. The second kappa shape index (κ2) is 7.45. The van der Waals surface area contributed by atoms with Crippen molar-refractivity contribution in [3.63, 3.8) is 0 Å². The maximum Gasteiger partial charge on any atom is 0.139 e. The summed E-state index contributed by atoms with van der Waals surface area (Å²) in [7, 11) is 0. The first-order valence-electron chi connectivity index (χ1n) is 8.89. The minimum Gasteiger partial charge on any atom is -0.393 e. The Morgan fingerprint density at radius 2 is 2.17 bits per heavy atom. The fraction of sp³-hybridized carbons (Fsp3) is 0.842. The summed E-state index contributed by atoms with van der Waals surface area (Å²) in [5, 5.41) is 9.49. The fourth-order valence-electron chi connectivity index (χ4n) is 3.56. The number of rotatable bonds is 8. The predicted molar refractivity (Wildman–Crippen MR) is 90.4 cm³/mol. The number of aliphatic hydroxyl groups excluding tert-OH is 1. The van der Waals surface area contributed by atoms with Crippen LogP contribution >= 0.6 is 0 Å². The molecule has 0 aromatic heterocycles. The molecule has 4 nitrogen and oxygen atoms in total. The second-order valence-electron chi connectivity index (χ2n) is 7.83. The molecule has 1 unspecified atom stereocenters. The summed E-state index contributed by atoms with van der Waals surface area (Å²) in [4.78, 5) is 12.1. The molecule has 1 N–H and O–H groups in total. The summed E-state index contributed by atoms with van der Waals surface area (Å²) in [6.45, 7) is 8.69. The van der Waals surface area contributed by atoms with Gasteiger partial charge in [-0.05, 0) is 52.9 Å². The van der Waals surface area contributed by atoms with Crippen LogP contribution in [-0.2, 0) is 14.3 Å². The monoisotopic (exact) mass is 324 g/mol. The highest BCUT2D eigenvalue weighted by atomic mass is 16.6. The van der Waals surface area contributed by atoms with Crippen molar-refractivity contribution < 1.29 is 19.4 Å². The minimum atomic E-state index is -0.461. The summed E-state index contributed by atoms with van der Waals surface area (Å²) >= 11 is 0. The van der Waals surface area contributed by atoms with Gasteiger partial charge in [0.2, 0.25) is 0 Å². The highest BCUT2D eigenvalue weighted by Crippen LogP contribution is 2.44. The lowest BCUT2D eigenvalue weighted by atomic mass is 9.88. The average Bonchev–Trinajstić information content (AvgIpc) is 2.91. The lowest BCUT2D eigenvalue weighted by Gasteiger charge is -2.43. The third kappa shape index (κ3) is 4.43. The van der Waals surface area contributed by atoms with Crippen LogP contribution in [0.3, 0.4) is 0 Å². The van der Waals surface area contributed by atoms with Crippen molar-refractivity contribution in [3.8, 4) is 0 Å². The molecule has 23 heavy (non-hydrogen) atoms. The molecule has 0 radical (unpaired) electrons. The van der Waals surface area contributed by atoms with E-state index in [1.807, 2.05) is 26.8 Å². The number of carbonyl (C=O) groups is 1. The van der Waals surface area contributed by atoms with Crippen LogP contribution in [0.15, 0.2) is 11.6 Å². The molecular formula is C19H32O4. The topological polar surface area (TPSA) is 55.8 Å². The third-order valence-electron chi connectivity index (χ3n) is 5.46. The number of ether oxygens (including phenoxy) is 2. The lowest BCUT2D eigenvalue weighted by molar-refractivity contribution is -0.248. The summed E-state index contributed by atoms with van der Waals surface area (Å²) < 4.78 is 12.2. The van der Waals surface area contributed by atoms with Crippen LogP contribution in [-0.4, -0.2) is 41.4 Å². The molecule has 2 saturated heterocycles. The van der Waals surface area contributed by atoms with Crippen LogP contribution in [0, 0.1) is 5.92 Å². The Morgan fingerprint density at radius 1 is 1.43 bits per heavy atom. The molecule has 2 fully saturated rings. The van der Waals surface area contributed by atoms with Crippen LogP contribution < -0.4 is 0 Å². The van der Waals surface area contributed by atoms with Gasteiger partial charge in [0.1, 0.15) is 11.4 Å². The number of fused-ring (bicyclic) bond motifs is 2. The minimum absolute atomic E-state index is 0.0372. The molecule has 132 valence electrons. The molecule has 0 aromatic carbocycles. The van der Waals surface area contributed by atoms with E-state index >= 15 is 0 Å². The standard InChI is InChI=1S/C19H32O4/c1-14(2)7-8-16(21)15(3)6-5-10-18(4)17-9-11-19(12-20,23-17)13-22-18/h7,15,17,20H,5-6,8-13H2,1-4H3/t15?,17-,18+,19+/m1/s1. The third-order valence-corrected chi connectivity index (χ3v) is 5.46. The van der Waals surface area contributed by atoms with Gasteiger partial charge in [-0.15, -0.1) is 0 Å². The molecule has 2 aliphatic heterocycles. The zero-order valence-corrected chi connectivity index (χ0v) is 15.1. The fourth-order valence-corrected chi connectivity index (χ4v) is 3.56. The quantitative estimate of drug-likeness (QED) is 0.695. The molecule has 0 aromatic rings. The highest BCUT2D eigenvalue weighted by Gasteiger charge is 2.53. The van der Waals surface area contributed by atoms with E-state index in [2.05, 4.69) is 6.92 Å². The van der Waals surface area contributed by atoms with Gasteiger partial charge in [0.25, 0.3) is 0 Å². The molecule has 0 aliphatic carbocycles. The van der Waals surface area contributed by atoms with Gasteiger partial charge in [-0.25, -0.2) is 0 Å². The Kier molecular flexibility index (Phi) is 6.04. The zero-order chi connectivity index (χ0) is 17.1. The molecule has 4 heteroatoms. The number of hydrogen-bond donors (Lipinski definition) is 1. The Morgan fingerprint density at radius 3 is 2.83 bits per heavy atom. The summed E-state index contributed by atoms with van der Waals surface area (Å²) in [6, 6.07) is 0. The number of allylic oxidation sites excluding steroid dienone is 2. The Hall–Kier alpha value is -0.710. The van der Waals surface area contributed by atoms with Crippen molar-refractivity contribution >= 4 is 5.78 Å². The molecule has 2 heterocycles. The largest absolute Gasteiger partial charge is 0.393 e. The van der Waals surface area contributed by atoms with Crippen molar-refractivity contribution in [3.05, 3.63) is 11.6 Å². The molecule has 2 rings (SSSR count). The maximum atomic E-state index is 12.1. The molecule has 2 bridgehead atoms. The number of aliphatic hydroxyl groups is 1. The Bertz CT molecular complexity index is 454. The SMILES string of the molecule is CC(C)=CCC(=O)C(C)CCC[C@]1(C)OC[C@@]2(CO)CC[C@H]1O2. The molecule has 4 atom stereocenters. The molecule has 0 spiro atoms. The van der Waals surface area contributed by atoms with Gasteiger partial charge in [-0.1, -0.05) is 18.6 Å². The molecule has 0 amide bonds. The lowest BCUT2D eigenvalue weighted by Crippen LogP contribution is -2.53. The van der Waals surface area contributed by atoms with E-state index in [0.717, 1.165) is 32.1 Å². The van der Waals surface area contributed by atoms with E-state index in [4.69, 9.17) is 9.47 Å². The van der Waals surface area contributed by atoms with Crippen molar-refractivity contribution in [2.75, 3.05) is 13.2 Å². The van der Waals surface area contributed by atoms with Crippen LogP contribution in [0.25, 0.3) is 0 Å². The van der Waals surface area contributed by atoms with E-state index in [9.17, 15) is 9.90 Å². The highest BCUT2D eigenvalue weighted by molar-refractivity contribution is 5.82. The normalized spacial score (nSPS) is 34.2. The van der Waals surface area contributed by atoms with Gasteiger partial charge >= 0.3 is 0 Å². The summed E-state index contributed by atoms with van der Waals surface area (Å²) in [5.74, 6) is 0.413. The van der Waals surface area contributed by atoms with Gasteiger partial charge in [0.05, 0.1) is 24.9 Å². The number of ketones is 1. The number of hydrogen-bond acceptors (Lipinski definition) is 4. The van der Waals surface area contributed by atoms with Crippen LogP contribution in [0.4, 0.5) is 0 Å². The average molecular weight is 324 g/mol. The summed E-state index contributed by atoms with van der Waals surface area (Å²) in [6.07, 6.45) is 7.21. The molecular weight excluding hydrogens is 292 g/mol. The van der Waals surface area contributed by atoms with Crippen molar-refractivity contribution in [1.82, 2.24) is 0 Å². The Balaban J connectivity index is 1.78. The number of Topliss-reactive ketones (excluding diaryl/α,β-unsaturated/α-hetero) is 1. The van der Waals surface area contributed by atoms with Crippen molar-refractivity contribution in [2.24, 2.45) is 5.92 Å². The van der Waals surface area contributed by atoms with Gasteiger partial charge in [0, 0.05) is 12.3 Å². The van der Waals surface area contributed by atoms with Gasteiger partial charge in [-0.3, -0.25) is 4.79 Å². The Labute approximate surface area is 140 Å². The first-order valence-corrected chi connectivity index (χ1v) is 8.89. The van der Waals surface area contributed by atoms with Gasteiger partial charge in [0.15, 0.2) is 0 Å². The number of carbonyl (C=O) groups excluding carboxylic acids is 1. The van der Waals surface area contributed by atoms with Gasteiger partial charge < -0.3 is 14.6 Å². The van der Waals surface area contributed by atoms with E-state index in [1.165, 1.54) is 5.57 Å². The zero-order valence-electron chi connectivity index (χ0n) is 15.1. The summed E-state index contributed by atoms with van der Waals surface area (Å²) in [5.41, 5.74) is 0.453. The molecule has 0 saturated carbocycles. The first kappa shape index (κ1) is 18.6. The first-order chi connectivity index (χ1) is 10.8. The van der Waals surface area contributed by atoms with E-state index in [1.54, 1.807) is 0 Å². The smallest absolute Gasteiger partial charge is 0.139 e. The predicted octanol–water partition coefficient (Wildman–Crippen LogP) is 3.42. The van der Waals surface area contributed by atoms with Crippen molar-refractivity contribution in [2.45, 2.75) is 83.5 Å². The van der Waals surface area contributed by atoms with Crippen LogP contribution in [0.1, 0.15) is 66.2 Å².